The number of thioether (sulfide) groups is 1. The van der Waals surface area contributed by atoms with Crippen LogP contribution in [-0.2, 0) is 0 Å². The van der Waals surface area contributed by atoms with E-state index in [1.807, 2.05) is 18.2 Å². The summed E-state index contributed by atoms with van der Waals surface area (Å²) in [5, 5.41) is 0. The van der Waals surface area contributed by atoms with Crippen molar-refractivity contribution in [1.29, 1.82) is 0 Å². The van der Waals surface area contributed by atoms with Crippen LogP contribution in [-0.4, -0.2) is 24.4 Å². The summed E-state index contributed by atoms with van der Waals surface area (Å²) in [5.74, 6) is 2.88. The molecule has 1 rings (SSSR count). The van der Waals surface area contributed by atoms with Crippen molar-refractivity contribution >= 4 is 17.5 Å². The summed E-state index contributed by atoms with van der Waals surface area (Å²) >= 11 is 1.66. The number of benzene rings is 1. The summed E-state index contributed by atoms with van der Waals surface area (Å²) in [4.78, 5) is 12.1. The largest absolute Gasteiger partial charge is 0.497 e. The molecule has 1 aromatic carbocycles. The smallest absolute Gasteiger partial charge is 0.173 e. The third-order valence-electron chi connectivity index (χ3n) is 2.62. The molecule has 1 aromatic rings. The van der Waals surface area contributed by atoms with E-state index in [1.165, 1.54) is 0 Å². The van der Waals surface area contributed by atoms with Gasteiger partial charge in [-0.2, -0.15) is 11.8 Å². The van der Waals surface area contributed by atoms with Gasteiger partial charge in [0, 0.05) is 5.56 Å². The van der Waals surface area contributed by atoms with Gasteiger partial charge in [-0.1, -0.05) is 20.8 Å². The fraction of sp³-hybridized carbons (Fsp3) is 0.500. The van der Waals surface area contributed by atoms with Gasteiger partial charge in [-0.15, -0.1) is 0 Å². The van der Waals surface area contributed by atoms with E-state index < -0.39 is 0 Å². The van der Waals surface area contributed by atoms with Gasteiger partial charge in [0.05, 0.1) is 12.9 Å². The van der Waals surface area contributed by atoms with Crippen molar-refractivity contribution in [2.24, 2.45) is 0 Å². The zero-order valence-corrected chi connectivity index (χ0v) is 11.8. The standard InChI is InChI=1S/C14H20O2S/c1-5-17-9-14(15)12-7-6-11(16-4)8-13(12)10(2)3/h6-8,10H,5,9H2,1-4H3. The van der Waals surface area contributed by atoms with Gasteiger partial charge < -0.3 is 4.74 Å². The van der Waals surface area contributed by atoms with E-state index in [0.29, 0.717) is 11.7 Å². The first-order valence-electron chi connectivity index (χ1n) is 5.89. The van der Waals surface area contributed by atoms with Crippen molar-refractivity contribution in [2.45, 2.75) is 26.7 Å². The maximum Gasteiger partial charge on any atom is 0.173 e. The number of rotatable bonds is 6. The van der Waals surface area contributed by atoms with Crippen molar-refractivity contribution < 1.29 is 9.53 Å². The molecule has 0 aromatic heterocycles. The van der Waals surface area contributed by atoms with Gasteiger partial charge in [-0.25, -0.2) is 0 Å². The Morgan fingerprint density at radius 1 is 1.41 bits per heavy atom. The van der Waals surface area contributed by atoms with Gasteiger partial charge in [0.1, 0.15) is 5.75 Å². The second-order valence-electron chi connectivity index (χ2n) is 4.17. The van der Waals surface area contributed by atoms with Crippen LogP contribution in [0, 0.1) is 0 Å². The highest BCUT2D eigenvalue weighted by Crippen LogP contribution is 2.25. The van der Waals surface area contributed by atoms with Crippen LogP contribution >= 0.6 is 11.8 Å². The number of Topliss-reactive ketones (excluding diaryl/α,β-unsaturated/α-hetero) is 1. The highest BCUT2D eigenvalue weighted by atomic mass is 32.2. The molecule has 0 bridgehead atoms. The first-order chi connectivity index (χ1) is 8.10. The van der Waals surface area contributed by atoms with Crippen LogP contribution < -0.4 is 4.74 Å². The van der Waals surface area contributed by atoms with E-state index in [2.05, 4.69) is 20.8 Å². The molecule has 3 heteroatoms. The van der Waals surface area contributed by atoms with Crippen molar-refractivity contribution in [3.05, 3.63) is 29.3 Å². The lowest BCUT2D eigenvalue weighted by molar-refractivity contribution is 0.102. The minimum atomic E-state index is 0.211. The molecular formula is C14H20O2S. The van der Waals surface area contributed by atoms with Crippen LogP contribution in [0.1, 0.15) is 42.6 Å². The molecule has 94 valence electrons. The van der Waals surface area contributed by atoms with Crippen LogP contribution in [0.25, 0.3) is 0 Å². The third-order valence-corrected chi connectivity index (χ3v) is 3.49. The summed E-state index contributed by atoms with van der Waals surface area (Å²) in [6.07, 6.45) is 0. The number of hydrogen-bond acceptors (Lipinski definition) is 3. The normalized spacial score (nSPS) is 10.6. The van der Waals surface area contributed by atoms with Gasteiger partial charge in [-0.3, -0.25) is 4.79 Å². The zero-order valence-electron chi connectivity index (χ0n) is 10.9. The van der Waals surface area contributed by atoms with Gasteiger partial charge in [0.25, 0.3) is 0 Å². The number of ether oxygens (including phenoxy) is 1. The molecule has 0 amide bonds. The number of carbonyl (C=O) groups excluding carboxylic acids is 1. The Hall–Kier alpha value is -0.960. The minimum absolute atomic E-state index is 0.211. The maximum absolute atomic E-state index is 12.1. The van der Waals surface area contributed by atoms with Gasteiger partial charge in [-0.05, 0) is 35.4 Å². The molecule has 0 radical (unpaired) electrons. The molecule has 0 spiro atoms. The first kappa shape index (κ1) is 14.1. The van der Waals surface area contributed by atoms with Gasteiger partial charge in [0.2, 0.25) is 0 Å². The molecule has 0 N–H and O–H groups in total. The van der Waals surface area contributed by atoms with E-state index in [-0.39, 0.29) is 5.78 Å². The molecule has 0 aliphatic rings. The second kappa shape index (κ2) is 6.70. The number of methoxy groups -OCH3 is 1. The molecule has 2 nitrogen and oxygen atoms in total. The van der Waals surface area contributed by atoms with Crippen LogP contribution in [0.4, 0.5) is 0 Å². The summed E-state index contributed by atoms with van der Waals surface area (Å²) in [7, 11) is 1.65. The van der Waals surface area contributed by atoms with E-state index in [9.17, 15) is 4.79 Å². The Bertz CT molecular complexity index is 386. The van der Waals surface area contributed by atoms with Crippen molar-refractivity contribution in [2.75, 3.05) is 18.6 Å². The molecule has 0 unspecified atom stereocenters. The number of carbonyl (C=O) groups is 1. The molecule has 0 atom stereocenters. The van der Waals surface area contributed by atoms with E-state index in [0.717, 1.165) is 22.6 Å². The Kier molecular flexibility index (Phi) is 5.56. The zero-order chi connectivity index (χ0) is 12.8. The highest BCUT2D eigenvalue weighted by Gasteiger charge is 2.14. The predicted molar refractivity (Wildman–Crippen MR) is 74.4 cm³/mol. The molecule has 0 fully saturated rings. The van der Waals surface area contributed by atoms with Gasteiger partial charge in [0.15, 0.2) is 5.78 Å². The molecular weight excluding hydrogens is 232 g/mol. The molecule has 17 heavy (non-hydrogen) atoms. The highest BCUT2D eigenvalue weighted by molar-refractivity contribution is 7.99. The average molecular weight is 252 g/mol. The van der Waals surface area contributed by atoms with E-state index in [4.69, 9.17) is 4.74 Å². The SMILES string of the molecule is CCSCC(=O)c1ccc(OC)cc1C(C)C. The maximum atomic E-state index is 12.1. The van der Waals surface area contributed by atoms with Crippen molar-refractivity contribution in [1.82, 2.24) is 0 Å². The summed E-state index contributed by atoms with van der Waals surface area (Å²) in [6, 6.07) is 5.71. The molecule has 0 heterocycles. The fourth-order valence-electron chi connectivity index (χ4n) is 1.67. The lowest BCUT2D eigenvalue weighted by Gasteiger charge is -2.13. The Morgan fingerprint density at radius 2 is 2.12 bits per heavy atom. The number of hydrogen-bond donors (Lipinski definition) is 0. The van der Waals surface area contributed by atoms with Crippen molar-refractivity contribution in [3.63, 3.8) is 0 Å². The lowest BCUT2D eigenvalue weighted by Crippen LogP contribution is -2.08. The minimum Gasteiger partial charge on any atom is -0.497 e. The number of ketones is 1. The van der Waals surface area contributed by atoms with Crippen LogP contribution in [0.5, 0.6) is 5.75 Å². The Balaban J connectivity index is 3.01. The lowest BCUT2D eigenvalue weighted by atomic mass is 9.95. The first-order valence-corrected chi connectivity index (χ1v) is 7.04. The summed E-state index contributed by atoms with van der Waals surface area (Å²) < 4.78 is 5.20. The topological polar surface area (TPSA) is 26.3 Å². The molecule has 0 aliphatic heterocycles. The molecule has 0 aliphatic carbocycles. The monoisotopic (exact) mass is 252 g/mol. The van der Waals surface area contributed by atoms with E-state index in [1.54, 1.807) is 18.9 Å². The third kappa shape index (κ3) is 3.77. The van der Waals surface area contributed by atoms with Crippen LogP contribution in [0.3, 0.4) is 0 Å². The van der Waals surface area contributed by atoms with Gasteiger partial charge >= 0.3 is 0 Å². The Labute approximate surface area is 108 Å². The second-order valence-corrected chi connectivity index (χ2v) is 5.44. The summed E-state index contributed by atoms with van der Waals surface area (Å²) in [5.41, 5.74) is 1.91. The fourth-order valence-corrected chi connectivity index (χ4v) is 2.22. The van der Waals surface area contributed by atoms with Crippen LogP contribution in [0.15, 0.2) is 18.2 Å². The molecule has 0 saturated heterocycles. The average Bonchev–Trinajstić information content (AvgIpc) is 2.35. The summed E-state index contributed by atoms with van der Waals surface area (Å²) in [6.45, 7) is 6.26. The van der Waals surface area contributed by atoms with E-state index >= 15 is 0 Å². The predicted octanol–water partition coefficient (Wildman–Crippen LogP) is 3.75. The Morgan fingerprint density at radius 3 is 2.65 bits per heavy atom. The van der Waals surface area contributed by atoms with Crippen molar-refractivity contribution in [3.8, 4) is 5.75 Å². The molecule has 0 saturated carbocycles. The quantitative estimate of drug-likeness (QED) is 0.721. The van der Waals surface area contributed by atoms with Crippen LogP contribution in [0.2, 0.25) is 0 Å².